The zero-order chi connectivity index (χ0) is 43.2. The number of hydrogen-bond acceptors (Lipinski definition) is 4. The molecule has 61 heavy (non-hydrogen) atoms. The van der Waals surface area contributed by atoms with E-state index in [9.17, 15) is 0 Å². The maximum Gasteiger partial charge on any atom is 0 e. The van der Waals surface area contributed by atoms with Crippen LogP contribution >= 0.6 is 0 Å². The van der Waals surface area contributed by atoms with Gasteiger partial charge in [0.1, 0.15) is 5.58 Å². The number of para-hydroxylation sites is 1. The second kappa shape index (κ2) is 18.1. The molecule has 0 saturated carbocycles. The van der Waals surface area contributed by atoms with E-state index in [0.717, 1.165) is 72.7 Å². The van der Waals surface area contributed by atoms with Crippen LogP contribution in [0.1, 0.15) is 83.0 Å². The maximum absolute atomic E-state index is 8.44. The normalized spacial score (nSPS) is 12.2. The first kappa shape index (κ1) is 42.5. The summed E-state index contributed by atoms with van der Waals surface area (Å²) in [5.74, 6) is 7.78. The van der Waals surface area contributed by atoms with E-state index in [4.69, 9.17) is 15.8 Å². The number of furan rings is 1. The third-order valence-corrected chi connectivity index (χ3v) is 15.4. The molecule has 0 saturated heterocycles. The van der Waals surface area contributed by atoms with Crippen LogP contribution in [0.15, 0.2) is 132 Å². The Bertz CT molecular complexity index is 2980. The van der Waals surface area contributed by atoms with Crippen LogP contribution in [0.3, 0.4) is 0 Å². The Labute approximate surface area is 378 Å². The zero-order valence-corrected chi connectivity index (χ0v) is 41.3. The van der Waals surface area contributed by atoms with E-state index < -0.39 is 19.2 Å². The molecule has 0 aliphatic rings. The van der Waals surface area contributed by atoms with Crippen LogP contribution < -0.4 is 4.40 Å². The van der Waals surface area contributed by atoms with Crippen molar-refractivity contribution in [2.24, 2.45) is 0 Å². The van der Waals surface area contributed by atoms with Gasteiger partial charge in [0.15, 0.2) is 5.65 Å². The first-order chi connectivity index (χ1) is 29.1. The van der Waals surface area contributed by atoms with Crippen LogP contribution in [0.2, 0.25) is 17.3 Å². The summed E-state index contributed by atoms with van der Waals surface area (Å²) in [6.07, 6.45) is 2.00. The van der Waals surface area contributed by atoms with Crippen molar-refractivity contribution in [1.29, 1.82) is 0 Å². The average molecular weight is 1040 g/mol. The summed E-state index contributed by atoms with van der Waals surface area (Å²) in [5, 5.41) is 2.15. The predicted molar refractivity (Wildman–Crippen MR) is 254 cm³/mol. The van der Waals surface area contributed by atoms with Crippen molar-refractivity contribution < 1.29 is 25.9 Å². The number of fused-ring (bicyclic) bond motifs is 4. The fourth-order valence-electron chi connectivity index (χ4n) is 8.07. The van der Waals surface area contributed by atoms with Gasteiger partial charge < -0.3 is 8.98 Å². The molecule has 0 aliphatic carbocycles. The molecule has 0 atom stereocenters. The molecule has 9 rings (SSSR count). The Morgan fingerprint density at radius 2 is 1.38 bits per heavy atom. The average Bonchev–Trinajstić information content (AvgIpc) is 3.81. The van der Waals surface area contributed by atoms with Crippen LogP contribution in [0.4, 0.5) is 0 Å². The number of nitrogens with zero attached hydrogens (tertiary/aromatic N) is 4. The van der Waals surface area contributed by atoms with E-state index in [-0.39, 0.29) is 31.9 Å². The second-order valence-corrected chi connectivity index (χ2v) is 28.2. The third-order valence-electron chi connectivity index (χ3n) is 11.2. The molecule has 4 heterocycles. The van der Waals surface area contributed by atoms with Crippen molar-refractivity contribution in [3.63, 3.8) is 0 Å². The van der Waals surface area contributed by atoms with Gasteiger partial charge in [-0.2, -0.15) is 0 Å². The van der Waals surface area contributed by atoms with Crippen LogP contribution in [0, 0.1) is 19.1 Å². The Morgan fingerprint density at radius 3 is 2.03 bits per heavy atom. The largest absolute Gasteiger partial charge is 0 e. The van der Waals surface area contributed by atoms with Crippen molar-refractivity contribution in [2.75, 3.05) is 0 Å². The molecule has 0 bridgehead atoms. The fraction of sp³-hybridized carbons (Fsp3) is 0.241. The molecule has 0 amide bonds. The number of benzene rings is 5. The minimum atomic E-state index is -2.03. The SMILES string of the molecule is Cc1ccc2nc(-c3[c-]ccc4c3oc3ccccc34)n(-c3c(C(C)C)cc(-c4ccccc4)cc3C(C)C)c2n1.[2H]C(C)(C)c1cc(-c2[c-]cccc2)nc[c]1[Ge]([CH3])([CH3])[CH3].[Ir]. The molecule has 9 aromatic rings. The van der Waals surface area contributed by atoms with Crippen molar-refractivity contribution in [2.45, 2.75) is 83.5 Å². The molecule has 4 aromatic heterocycles. The van der Waals surface area contributed by atoms with Gasteiger partial charge in [0.2, 0.25) is 0 Å². The first-order valence-electron chi connectivity index (χ1n) is 21.5. The Balaban J connectivity index is 0.000000233. The van der Waals surface area contributed by atoms with Crippen molar-refractivity contribution >= 4 is 50.8 Å². The number of rotatable bonds is 8. The number of pyridine rings is 2. The molecule has 311 valence electrons. The number of hydrogen-bond donors (Lipinski definition) is 0. The molecular weight excluding hydrogens is 985 g/mol. The summed E-state index contributed by atoms with van der Waals surface area (Å²) in [5.41, 5.74) is 14.3. The fourth-order valence-corrected chi connectivity index (χ4v) is 11.4. The van der Waals surface area contributed by atoms with Gasteiger partial charge in [-0.1, -0.05) is 87.2 Å². The Kier molecular flexibility index (Phi) is 12.6. The number of aromatic nitrogens is 4. The topological polar surface area (TPSA) is 56.7 Å². The molecule has 7 heteroatoms. The molecule has 0 fully saturated rings. The van der Waals surface area contributed by atoms with E-state index >= 15 is 0 Å². The van der Waals surface area contributed by atoms with Crippen molar-refractivity contribution in [1.82, 2.24) is 19.5 Å². The van der Waals surface area contributed by atoms with E-state index in [1.54, 1.807) is 0 Å². The smallest absolute Gasteiger partial charge is 0 e. The van der Waals surface area contributed by atoms with Crippen LogP contribution in [0.25, 0.3) is 72.6 Å². The molecule has 5 nitrogen and oxygen atoms in total. The molecule has 0 spiro atoms. The number of imidazole rings is 1. The molecule has 0 N–H and O–H groups in total. The maximum atomic E-state index is 8.44. The predicted octanol–water partition coefficient (Wildman–Crippen LogP) is 14.2. The van der Waals surface area contributed by atoms with Gasteiger partial charge >= 0.3 is 120 Å². The molecule has 0 unspecified atom stereocenters. The third kappa shape index (κ3) is 8.82. The van der Waals surface area contributed by atoms with Gasteiger partial charge in [-0.05, 0) is 71.3 Å². The van der Waals surface area contributed by atoms with Gasteiger partial charge in [-0.25, -0.2) is 4.98 Å². The summed E-state index contributed by atoms with van der Waals surface area (Å²) >= 11 is -2.03. The summed E-state index contributed by atoms with van der Waals surface area (Å²) < 4.78 is 18.5. The molecule has 5 aromatic carbocycles. The molecule has 0 aliphatic heterocycles. The standard InChI is InChI=1S/C37H32N3O.C17H22GeN.Ir/c1-22(2)30-20-26(25-12-7-6-8-13-25)21-31(23(3)4)34(30)40-36(39-32-19-18-24(5)38-37(32)40)29-16-11-15-28-27-14-9-10-17-33(27)41-35(28)29;1-13(2)15-11-17(14-9-7-6-8-10-14)19-12-16(15)18(3,4)5;/h6-15,17-23H,1-5H3;6-9,11-13H,1-5H3;/q2*-1;/i;13D;. The van der Waals surface area contributed by atoms with E-state index in [0.29, 0.717) is 0 Å². The Morgan fingerprint density at radius 1 is 0.689 bits per heavy atom. The van der Waals surface area contributed by atoms with E-state index in [1.807, 2.05) is 81.6 Å². The van der Waals surface area contributed by atoms with Gasteiger partial charge in [-0.15, -0.1) is 18.2 Å². The van der Waals surface area contributed by atoms with Gasteiger partial charge in [0.05, 0.1) is 16.9 Å². The summed E-state index contributed by atoms with van der Waals surface area (Å²) in [6, 6.07) is 48.3. The van der Waals surface area contributed by atoms with Crippen LogP contribution in [0.5, 0.6) is 0 Å². The number of aryl methyl sites for hydroxylation is 1. The van der Waals surface area contributed by atoms with Gasteiger partial charge in [0, 0.05) is 36.9 Å². The van der Waals surface area contributed by atoms with Crippen molar-refractivity contribution in [3.8, 4) is 39.5 Å². The van der Waals surface area contributed by atoms with Gasteiger partial charge in [-0.3, -0.25) is 4.98 Å². The van der Waals surface area contributed by atoms with E-state index in [2.05, 4.69) is 133 Å². The molecular formula is C54H54GeIrN4O-2. The quantitative estimate of drug-likeness (QED) is 0.112. The van der Waals surface area contributed by atoms with Crippen LogP contribution in [-0.4, -0.2) is 32.8 Å². The first-order valence-corrected chi connectivity index (χ1v) is 28.3. The second-order valence-electron chi connectivity index (χ2n) is 17.6. The Hall–Kier alpha value is -5.14. The summed E-state index contributed by atoms with van der Waals surface area (Å²) in [7, 11) is 0. The van der Waals surface area contributed by atoms with E-state index in [1.165, 1.54) is 26.6 Å². The molecule has 1 radical (unpaired) electrons. The summed E-state index contributed by atoms with van der Waals surface area (Å²) in [6.45, 7) is 15.0. The van der Waals surface area contributed by atoms with Gasteiger partial charge in [0.25, 0.3) is 0 Å². The minimum Gasteiger partial charge on any atom is 0 e. The minimum absolute atomic E-state index is 0. The summed E-state index contributed by atoms with van der Waals surface area (Å²) in [4.78, 5) is 14.9. The zero-order valence-electron chi connectivity index (χ0n) is 37.8. The van der Waals surface area contributed by atoms with Crippen molar-refractivity contribution in [3.05, 3.63) is 162 Å². The van der Waals surface area contributed by atoms with Crippen LogP contribution in [-0.2, 0) is 20.1 Å². The monoisotopic (exact) mass is 1040 g/mol.